The highest BCUT2D eigenvalue weighted by molar-refractivity contribution is 7.89. The van der Waals surface area contributed by atoms with Crippen LogP contribution in [0.1, 0.15) is 19.3 Å². The number of nitrogens with zero attached hydrogens (tertiary/aromatic N) is 1. The van der Waals surface area contributed by atoms with E-state index in [4.69, 9.17) is 10.5 Å². The molecule has 5 nitrogen and oxygen atoms in total. The number of hydrogen-bond acceptors (Lipinski definition) is 4. The molecule has 1 aliphatic rings. The summed E-state index contributed by atoms with van der Waals surface area (Å²) in [5.74, 6) is -1.81. The third kappa shape index (κ3) is 5.36. The van der Waals surface area contributed by atoms with Gasteiger partial charge in [0.2, 0.25) is 10.0 Å². The van der Waals surface area contributed by atoms with Crippen LogP contribution in [-0.2, 0) is 14.8 Å². The van der Waals surface area contributed by atoms with Gasteiger partial charge in [-0.2, -0.15) is 4.31 Å². The van der Waals surface area contributed by atoms with Gasteiger partial charge in [0.25, 0.3) is 0 Å². The van der Waals surface area contributed by atoms with Crippen molar-refractivity contribution >= 4 is 22.4 Å². The van der Waals surface area contributed by atoms with Gasteiger partial charge in [-0.05, 0) is 37.9 Å². The second-order valence-corrected chi connectivity index (χ2v) is 7.16. The lowest BCUT2D eigenvalue weighted by molar-refractivity contribution is 0.0209. The molecule has 1 saturated heterocycles. The molecule has 1 heterocycles. The summed E-state index contributed by atoms with van der Waals surface area (Å²) in [7, 11) is -3.88. The Labute approximate surface area is 141 Å². The van der Waals surface area contributed by atoms with E-state index in [-0.39, 0.29) is 36.5 Å². The number of rotatable bonds is 6. The zero-order valence-electron chi connectivity index (χ0n) is 12.6. The normalized spacial score (nSPS) is 17.0. The summed E-state index contributed by atoms with van der Waals surface area (Å²) in [6, 6.07) is 2.32. The Kier molecular flexibility index (Phi) is 7.82. The van der Waals surface area contributed by atoms with Crippen molar-refractivity contribution in [2.75, 3.05) is 26.2 Å². The number of piperidine rings is 1. The van der Waals surface area contributed by atoms with Crippen LogP contribution in [0.4, 0.5) is 8.78 Å². The molecule has 0 aliphatic carbocycles. The standard InChI is InChI=1S/C14H20F2N2O3S.ClH/c15-11-8-12(16)10-14(9-11)22(19,20)18-5-2-13(3-6-18)21-7-1-4-17;/h8-10,13H,1-7,17H2;1H. The van der Waals surface area contributed by atoms with Gasteiger partial charge in [0.15, 0.2) is 0 Å². The number of sulfonamides is 1. The average molecular weight is 371 g/mol. The number of benzene rings is 1. The topological polar surface area (TPSA) is 72.6 Å². The fourth-order valence-corrected chi connectivity index (χ4v) is 3.91. The van der Waals surface area contributed by atoms with Crippen molar-refractivity contribution in [2.24, 2.45) is 5.73 Å². The molecule has 2 N–H and O–H groups in total. The maximum Gasteiger partial charge on any atom is 0.243 e. The van der Waals surface area contributed by atoms with Gasteiger partial charge in [-0.3, -0.25) is 0 Å². The lowest BCUT2D eigenvalue weighted by Crippen LogP contribution is -2.41. The van der Waals surface area contributed by atoms with E-state index in [2.05, 4.69) is 0 Å². The molecule has 0 bridgehead atoms. The molecular formula is C14H21ClF2N2O3S. The lowest BCUT2D eigenvalue weighted by Gasteiger charge is -2.31. The van der Waals surface area contributed by atoms with E-state index < -0.39 is 21.7 Å². The van der Waals surface area contributed by atoms with E-state index in [1.165, 1.54) is 4.31 Å². The molecular weight excluding hydrogens is 350 g/mol. The number of halogens is 3. The van der Waals surface area contributed by atoms with Crippen LogP contribution in [0.3, 0.4) is 0 Å². The molecule has 0 unspecified atom stereocenters. The van der Waals surface area contributed by atoms with Crippen molar-refractivity contribution in [3.05, 3.63) is 29.8 Å². The first-order valence-corrected chi connectivity index (χ1v) is 8.65. The van der Waals surface area contributed by atoms with Gasteiger partial charge in [-0.1, -0.05) is 0 Å². The number of hydrogen-bond donors (Lipinski definition) is 1. The van der Waals surface area contributed by atoms with Gasteiger partial charge in [0.1, 0.15) is 11.6 Å². The van der Waals surface area contributed by atoms with Crippen LogP contribution in [0, 0.1) is 11.6 Å². The molecule has 1 aromatic rings. The zero-order valence-corrected chi connectivity index (χ0v) is 14.2. The summed E-state index contributed by atoms with van der Waals surface area (Å²) in [6.07, 6.45) is 1.88. The predicted octanol–water partition coefficient (Wildman–Crippen LogP) is 1.91. The van der Waals surface area contributed by atoms with Crippen LogP contribution in [0.5, 0.6) is 0 Å². The first kappa shape index (κ1) is 20.2. The van der Waals surface area contributed by atoms with Gasteiger partial charge in [0, 0.05) is 25.8 Å². The highest BCUT2D eigenvalue weighted by atomic mass is 35.5. The second-order valence-electron chi connectivity index (χ2n) is 5.22. The highest BCUT2D eigenvalue weighted by Crippen LogP contribution is 2.23. The first-order chi connectivity index (χ1) is 10.4. The monoisotopic (exact) mass is 370 g/mol. The van der Waals surface area contributed by atoms with Crippen LogP contribution in [0.25, 0.3) is 0 Å². The molecule has 0 aromatic heterocycles. The van der Waals surface area contributed by atoms with Crippen LogP contribution >= 0.6 is 12.4 Å². The Morgan fingerprint density at radius 1 is 1.17 bits per heavy atom. The SMILES string of the molecule is Cl.NCCCOC1CCN(S(=O)(=O)c2cc(F)cc(F)c2)CC1. The number of ether oxygens (including phenoxy) is 1. The summed E-state index contributed by atoms with van der Waals surface area (Å²) in [5.41, 5.74) is 5.38. The predicted molar refractivity (Wildman–Crippen MR) is 85.0 cm³/mol. The zero-order chi connectivity index (χ0) is 16.2. The quantitative estimate of drug-likeness (QED) is 0.776. The van der Waals surface area contributed by atoms with Crippen molar-refractivity contribution < 1.29 is 21.9 Å². The Bertz CT molecular complexity index is 588. The van der Waals surface area contributed by atoms with E-state index >= 15 is 0 Å². The first-order valence-electron chi connectivity index (χ1n) is 7.21. The molecule has 1 aromatic carbocycles. The molecule has 0 radical (unpaired) electrons. The third-order valence-electron chi connectivity index (χ3n) is 3.58. The minimum absolute atomic E-state index is 0. The molecule has 0 atom stereocenters. The van der Waals surface area contributed by atoms with Crippen LogP contribution in [0.15, 0.2) is 23.1 Å². The molecule has 1 fully saturated rings. The maximum absolute atomic E-state index is 13.2. The number of nitrogens with two attached hydrogens (primary N) is 1. The smallest absolute Gasteiger partial charge is 0.243 e. The minimum Gasteiger partial charge on any atom is -0.378 e. The Hall–Kier alpha value is -0.800. The van der Waals surface area contributed by atoms with E-state index in [0.717, 1.165) is 18.6 Å². The largest absolute Gasteiger partial charge is 0.378 e. The van der Waals surface area contributed by atoms with Gasteiger partial charge >= 0.3 is 0 Å². The van der Waals surface area contributed by atoms with Crippen molar-refractivity contribution in [2.45, 2.75) is 30.3 Å². The fourth-order valence-electron chi connectivity index (χ4n) is 2.40. The molecule has 0 amide bonds. The summed E-state index contributed by atoms with van der Waals surface area (Å²) in [4.78, 5) is -0.354. The van der Waals surface area contributed by atoms with Crippen molar-refractivity contribution in [1.29, 1.82) is 0 Å². The molecule has 1 aliphatic heterocycles. The Morgan fingerprint density at radius 3 is 2.26 bits per heavy atom. The minimum atomic E-state index is -3.88. The maximum atomic E-state index is 13.2. The van der Waals surface area contributed by atoms with E-state index in [0.29, 0.717) is 32.1 Å². The Balaban J connectivity index is 0.00000264. The van der Waals surface area contributed by atoms with Crippen LogP contribution in [-0.4, -0.2) is 45.1 Å². The summed E-state index contributed by atoms with van der Waals surface area (Å²) >= 11 is 0. The summed E-state index contributed by atoms with van der Waals surface area (Å²) in [5, 5.41) is 0. The lowest BCUT2D eigenvalue weighted by atomic mass is 10.1. The van der Waals surface area contributed by atoms with Gasteiger partial charge < -0.3 is 10.5 Å². The second kappa shape index (κ2) is 8.89. The van der Waals surface area contributed by atoms with E-state index in [1.54, 1.807) is 0 Å². The molecule has 9 heteroatoms. The molecule has 0 saturated carbocycles. The van der Waals surface area contributed by atoms with Crippen molar-refractivity contribution in [1.82, 2.24) is 4.31 Å². The van der Waals surface area contributed by atoms with Gasteiger partial charge in [-0.15, -0.1) is 12.4 Å². The average Bonchev–Trinajstić information content (AvgIpc) is 2.47. The highest BCUT2D eigenvalue weighted by Gasteiger charge is 2.30. The molecule has 2 rings (SSSR count). The van der Waals surface area contributed by atoms with E-state index in [9.17, 15) is 17.2 Å². The summed E-state index contributed by atoms with van der Waals surface area (Å²) in [6.45, 7) is 1.66. The Morgan fingerprint density at radius 2 is 1.74 bits per heavy atom. The van der Waals surface area contributed by atoms with Gasteiger partial charge in [0.05, 0.1) is 11.0 Å². The van der Waals surface area contributed by atoms with Crippen molar-refractivity contribution in [3.63, 3.8) is 0 Å². The fraction of sp³-hybridized carbons (Fsp3) is 0.571. The van der Waals surface area contributed by atoms with Crippen molar-refractivity contribution in [3.8, 4) is 0 Å². The molecule has 132 valence electrons. The van der Waals surface area contributed by atoms with Crippen LogP contribution < -0.4 is 5.73 Å². The van der Waals surface area contributed by atoms with E-state index in [1.807, 2.05) is 0 Å². The molecule has 0 spiro atoms. The van der Waals surface area contributed by atoms with Crippen LogP contribution in [0.2, 0.25) is 0 Å². The summed E-state index contributed by atoms with van der Waals surface area (Å²) < 4.78 is 58.0. The van der Waals surface area contributed by atoms with Gasteiger partial charge in [-0.25, -0.2) is 17.2 Å². The molecule has 23 heavy (non-hydrogen) atoms. The third-order valence-corrected chi connectivity index (χ3v) is 5.45.